The molecule has 0 aromatic rings. The Balaban J connectivity index is 1.40. The van der Waals surface area contributed by atoms with Gasteiger partial charge in [-0.05, 0) is 31.6 Å². The maximum Gasteiger partial charge on any atom is 0.228 e. The third kappa shape index (κ3) is 2.96. The summed E-state index contributed by atoms with van der Waals surface area (Å²) in [5.74, 6) is 1.31. The first-order chi connectivity index (χ1) is 10.3. The van der Waals surface area contributed by atoms with Crippen molar-refractivity contribution in [2.45, 2.75) is 37.8 Å². The highest BCUT2D eigenvalue weighted by atomic mass is 16.5. The molecule has 1 saturated carbocycles. The van der Waals surface area contributed by atoms with Gasteiger partial charge in [-0.2, -0.15) is 0 Å². The summed E-state index contributed by atoms with van der Waals surface area (Å²) in [5, 5.41) is 0. The van der Waals surface area contributed by atoms with Crippen molar-refractivity contribution < 1.29 is 14.3 Å². The molecule has 1 aliphatic carbocycles. The average Bonchev–Trinajstić information content (AvgIpc) is 3.16. The average molecular weight is 294 g/mol. The third-order valence-electron chi connectivity index (χ3n) is 5.48. The van der Waals surface area contributed by atoms with E-state index in [2.05, 4.69) is 9.80 Å². The molecule has 0 aromatic heterocycles. The van der Waals surface area contributed by atoms with Crippen molar-refractivity contribution >= 4 is 5.91 Å². The van der Waals surface area contributed by atoms with Gasteiger partial charge in [-0.1, -0.05) is 0 Å². The van der Waals surface area contributed by atoms with E-state index in [1.807, 2.05) is 0 Å². The second kappa shape index (κ2) is 5.86. The molecule has 1 amide bonds. The Labute approximate surface area is 126 Å². The first kappa shape index (κ1) is 14.0. The summed E-state index contributed by atoms with van der Waals surface area (Å²) in [6.45, 7) is 6.17. The standard InChI is InChI=1S/C16H26N2O3/c19-16(13-4-7-20-11-13)18-5-3-15-14(10-18)17(6-8-21-15)9-12-1-2-12/h12-15H,1-11H2/t13-,14-,15-/m0/s1. The highest BCUT2D eigenvalue weighted by Gasteiger charge is 2.41. The number of nitrogens with zero attached hydrogens (tertiary/aromatic N) is 2. The van der Waals surface area contributed by atoms with Gasteiger partial charge in [0.15, 0.2) is 0 Å². The summed E-state index contributed by atoms with van der Waals surface area (Å²) in [6.07, 6.45) is 4.99. The normalized spacial score (nSPS) is 37.5. The number of carbonyl (C=O) groups is 1. The van der Waals surface area contributed by atoms with Gasteiger partial charge in [0.05, 0.1) is 31.3 Å². The maximum absolute atomic E-state index is 12.6. The first-order valence-corrected chi connectivity index (χ1v) is 8.53. The zero-order valence-electron chi connectivity index (χ0n) is 12.7. The molecule has 0 N–H and O–H groups in total. The minimum atomic E-state index is 0.0999. The SMILES string of the molecule is O=C([C@H]1CCOC1)N1CC[C@@H]2OCCN(CC3CC3)[C@H]2C1. The number of rotatable bonds is 3. The van der Waals surface area contributed by atoms with Crippen LogP contribution >= 0.6 is 0 Å². The fourth-order valence-electron chi connectivity index (χ4n) is 3.99. The van der Waals surface area contributed by atoms with Crippen molar-refractivity contribution in [3.8, 4) is 0 Å². The van der Waals surface area contributed by atoms with E-state index in [4.69, 9.17) is 9.47 Å². The second-order valence-electron chi connectivity index (χ2n) is 7.05. The Morgan fingerprint density at radius 3 is 2.76 bits per heavy atom. The highest BCUT2D eigenvalue weighted by Crippen LogP contribution is 2.33. The molecule has 0 bridgehead atoms. The lowest BCUT2D eigenvalue weighted by atomic mass is 9.96. The van der Waals surface area contributed by atoms with Crippen molar-refractivity contribution in [3.63, 3.8) is 0 Å². The molecule has 5 heteroatoms. The van der Waals surface area contributed by atoms with E-state index < -0.39 is 0 Å². The molecule has 4 aliphatic rings. The van der Waals surface area contributed by atoms with Crippen LogP contribution in [0.15, 0.2) is 0 Å². The van der Waals surface area contributed by atoms with Crippen molar-refractivity contribution in [3.05, 3.63) is 0 Å². The molecule has 0 aromatic carbocycles. The van der Waals surface area contributed by atoms with E-state index in [0.717, 1.165) is 51.6 Å². The fourth-order valence-corrected chi connectivity index (χ4v) is 3.99. The van der Waals surface area contributed by atoms with Gasteiger partial charge >= 0.3 is 0 Å². The van der Waals surface area contributed by atoms with Crippen LogP contribution in [0.3, 0.4) is 0 Å². The molecule has 3 aliphatic heterocycles. The van der Waals surface area contributed by atoms with E-state index in [0.29, 0.717) is 24.7 Å². The summed E-state index contributed by atoms with van der Waals surface area (Å²) < 4.78 is 11.3. The molecule has 0 unspecified atom stereocenters. The van der Waals surface area contributed by atoms with E-state index in [1.54, 1.807) is 0 Å². The molecule has 5 nitrogen and oxygen atoms in total. The number of amides is 1. The monoisotopic (exact) mass is 294 g/mol. The van der Waals surface area contributed by atoms with Crippen LogP contribution in [0.25, 0.3) is 0 Å². The number of hydrogen-bond acceptors (Lipinski definition) is 4. The predicted molar refractivity (Wildman–Crippen MR) is 77.9 cm³/mol. The van der Waals surface area contributed by atoms with Crippen LogP contribution in [0.2, 0.25) is 0 Å². The molecule has 21 heavy (non-hydrogen) atoms. The van der Waals surface area contributed by atoms with Crippen molar-refractivity contribution in [1.82, 2.24) is 9.80 Å². The number of piperidine rings is 1. The summed E-state index contributed by atoms with van der Waals surface area (Å²) >= 11 is 0. The van der Waals surface area contributed by atoms with Gasteiger partial charge in [0.2, 0.25) is 5.91 Å². The molecule has 3 saturated heterocycles. The van der Waals surface area contributed by atoms with Crippen LogP contribution in [-0.2, 0) is 14.3 Å². The molecular weight excluding hydrogens is 268 g/mol. The molecular formula is C16H26N2O3. The predicted octanol–water partition coefficient (Wildman–Crippen LogP) is 0.735. The number of fused-ring (bicyclic) bond motifs is 1. The van der Waals surface area contributed by atoms with E-state index in [9.17, 15) is 4.79 Å². The van der Waals surface area contributed by atoms with Crippen LogP contribution in [0.1, 0.15) is 25.7 Å². The number of ether oxygens (including phenoxy) is 2. The first-order valence-electron chi connectivity index (χ1n) is 8.53. The lowest BCUT2D eigenvalue weighted by Gasteiger charge is -2.47. The van der Waals surface area contributed by atoms with Crippen LogP contribution in [-0.4, -0.2) is 73.9 Å². The summed E-state index contributed by atoms with van der Waals surface area (Å²) in [5.41, 5.74) is 0. The topological polar surface area (TPSA) is 42.0 Å². The Kier molecular flexibility index (Phi) is 3.90. The minimum Gasteiger partial charge on any atom is -0.381 e. The van der Waals surface area contributed by atoms with E-state index >= 15 is 0 Å². The second-order valence-corrected chi connectivity index (χ2v) is 7.05. The van der Waals surface area contributed by atoms with Gasteiger partial charge in [0, 0.05) is 32.8 Å². The number of morpholine rings is 1. The lowest BCUT2D eigenvalue weighted by Crippen LogP contribution is -2.61. The molecule has 4 rings (SSSR count). The highest BCUT2D eigenvalue weighted by molar-refractivity contribution is 5.79. The third-order valence-corrected chi connectivity index (χ3v) is 5.48. The zero-order chi connectivity index (χ0) is 14.2. The molecule has 4 fully saturated rings. The molecule has 3 atom stereocenters. The summed E-state index contributed by atoms with van der Waals surface area (Å²) in [4.78, 5) is 17.3. The van der Waals surface area contributed by atoms with E-state index in [1.165, 1.54) is 19.4 Å². The van der Waals surface area contributed by atoms with Crippen molar-refractivity contribution in [2.75, 3.05) is 46.0 Å². The zero-order valence-corrected chi connectivity index (χ0v) is 12.7. The Bertz CT molecular complexity index is 393. The number of hydrogen-bond donors (Lipinski definition) is 0. The molecule has 118 valence electrons. The van der Waals surface area contributed by atoms with Gasteiger partial charge < -0.3 is 14.4 Å². The van der Waals surface area contributed by atoms with Gasteiger partial charge in [-0.25, -0.2) is 0 Å². The Morgan fingerprint density at radius 2 is 2.00 bits per heavy atom. The molecule has 0 spiro atoms. The van der Waals surface area contributed by atoms with Gasteiger partial charge in [0.25, 0.3) is 0 Å². The fraction of sp³-hybridized carbons (Fsp3) is 0.938. The van der Waals surface area contributed by atoms with E-state index in [-0.39, 0.29) is 5.92 Å². The molecule has 3 heterocycles. The lowest BCUT2D eigenvalue weighted by molar-refractivity contribution is -0.146. The maximum atomic E-state index is 12.6. The van der Waals surface area contributed by atoms with Crippen LogP contribution < -0.4 is 0 Å². The smallest absolute Gasteiger partial charge is 0.228 e. The Hall–Kier alpha value is -0.650. The van der Waals surface area contributed by atoms with Crippen LogP contribution in [0, 0.1) is 11.8 Å². The summed E-state index contributed by atoms with van der Waals surface area (Å²) in [6, 6.07) is 0.416. The Morgan fingerprint density at radius 1 is 1.10 bits per heavy atom. The van der Waals surface area contributed by atoms with Crippen molar-refractivity contribution in [1.29, 1.82) is 0 Å². The minimum absolute atomic E-state index is 0.0999. The molecule has 0 radical (unpaired) electrons. The number of carbonyl (C=O) groups excluding carboxylic acids is 1. The van der Waals surface area contributed by atoms with Crippen LogP contribution in [0.4, 0.5) is 0 Å². The van der Waals surface area contributed by atoms with Gasteiger partial charge in [0.1, 0.15) is 0 Å². The largest absolute Gasteiger partial charge is 0.381 e. The van der Waals surface area contributed by atoms with Gasteiger partial charge in [-0.3, -0.25) is 9.69 Å². The van der Waals surface area contributed by atoms with Gasteiger partial charge in [-0.15, -0.1) is 0 Å². The summed E-state index contributed by atoms with van der Waals surface area (Å²) in [7, 11) is 0. The quantitative estimate of drug-likeness (QED) is 0.770. The van der Waals surface area contributed by atoms with Crippen LogP contribution in [0.5, 0.6) is 0 Å². The number of likely N-dealkylation sites (tertiary alicyclic amines) is 1. The van der Waals surface area contributed by atoms with Crippen molar-refractivity contribution in [2.24, 2.45) is 11.8 Å².